The van der Waals surface area contributed by atoms with Crippen LogP contribution in [-0.2, 0) is 24.0 Å². The lowest BCUT2D eigenvalue weighted by atomic mass is 10.0. The molecule has 5 unspecified atom stereocenters. The number of primary amides is 1. The summed E-state index contributed by atoms with van der Waals surface area (Å²) in [6, 6.07) is -5.17. The van der Waals surface area contributed by atoms with Gasteiger partial charge in [0, 0.05) is 0 Å². The van der Waals surface area contributed by atoms with Gasteiger partial charge in [-0.2, -0.15) is 0 Å². The number of carboxylic acid groups (broad SMARTS) is 1. The Hall–Kier alpha value is -2.73. The maximum Gasteiger partial charge on any atom is 0.326 e. The molecular weight excluding hydrogens is 374 g/mol. The molecule has 0 rings (SSSR count). The third-order valence-electron chi connectivity index (χ3n) is 3.74. The number of hydrogen-bond acceptors (Lipinski definition) is 7. The van der Waals surface area contributed by atoms with Crippen molar-refractivity contribution in [2.24, 2.45) is 17.4 Å². The molecule has 0 saturated carbocycles. The van der Waals surface area contributed by atoms with Gasteiger partial charge in [-0.1, -0.05) is 13.8 Å². The van der Waals surface area contributed by atoms with Gasteiger partial charge in [0.15, 0.2) is 0 Å². The second-order valence-corrected chi connectivity index (χ2v) is 6.82. The van der Waals surface area contributed by atoms with Crippen molar-refractivity contribution in [2.75, 3.05) is 0 Å². The monoisotopic (exact) mass is 403 g/mol. The smallest absolute Gasteiger partial charge is 0.326 e. The summed E-state index contributed by atoms with van der Waals surface area (Å²) in [7, 11) is 0. The van der Waals surface area contributed by atoms with Crippen molar-refractivity contribution in [3.8, 4) is 0 Å². The van der Waals surface area contributed by atoms with Gasteiger partial charge < -0.3 is 37.6 Å². The SMILES string of the molecule is CC(N)C(=O)NC(C(=O)NC(CC(N)=O)C(=O)NC(C(=O)O)C(C)C)C(C)O. The minimum Gasteiger partial charge on any atom is -0.480 e. The Morgan fingerprint density at radius 2 is 1.36 bits per heavy atom. The van der Waals surface area contributed by atoms with Crippen LogP contribution in [0.3, 0.4) is 0 Å². The van der Waals surface area contributed by atoms with Crippen molar-refractivity contribution in [3.05, 3.63) is 0 Å². The zero-order valence-corrected chi connectivity index (χ0v) is 16.3. The van der Waals surface area contributed by atoms with Crippen LogP contribution >= 0.6 is 0 Å². The van der Waals surface area contributed by atoms with Crippen molar-refractivity contribution in [2.45, 2.75) is 64.4 Å². The van der Waals surface area contributed by atoms with Crippen LogP contribution in [0.5, 0.6) is 0 Å². The summed E-state index contributed by atoms with van der Waals surface area (Å²) in [6.45, 7) is 5.73. The van der Waals surface area contributed by atoms with Crippen molar-refractivity contribution in [1.82, 2.24) is 16.0 Å². The number of nitrogens with one attached hydrogen (secondary N) is 3. The Bertz CT molecular complexity index is 606. The van der Waals surface area contributed by atoms with Gasteiger partial charge in [0.1, 0.15) is 18.1 Å². The summed E-state index contributed by atoms with van der Waals surface area (Å²) in [5.74, 6) is -5.33. The minimum absolute atomic E-state index is 0.470. The van der Waals surface area contributed by atoms with E-state index in [0.29, 0.717) is 0 Å². The van der Waals surface area contributed by atoms with Crippen LogP contribution in [-0.4, -0.2) is 70.1 Å². The third kappa shape index (κ3) is 8.31. The number of aliphatic carboxylic acids is 1. The first-order valence-electron chi connectivity index (χ1n) is 8.63. The summed E-state index contributed by atoms with van der Waals surface area (Å²) in [6.07, 6.45) is -1.96. The molecule has 0 aromatic carbocycles. The standard InChI is InChI=1S/C16H29N5O7/c1-6(2)11(16(27)28)20-14(25)9(5-10(18)23)19-15(26)12(8(4)22)21-13(24)7(3)17/h6-9,11-12,22H,5,17H2,1-4H3,(H2,18,23)(H,19,26)(H,20,25)(H,21,24)(H,27,28). The Balaban J connectivity index is 5.41. The third-order valence-corrected chi connectivity index (χ3v) is 3.74. The molecular formula is C16H29N5O7. The van der Waals surface area contributed by atoms with Crippen LogP contribution in [0.15, 0.2) is 0 Å². The lowest BCUT2D eigenvalue weighted by Crippen LogP contribution is -2.60. The molecule has 0 bridgehead atoms. The Morgan fingerprint density at radius 3 is 1.71 bits per heavy atom. The topological polar surface area (TPSA) is 214 Å². The van der Waals surface area contributed by atoms with E-state index < -0.39 is 72.2 Å². The lowest BCUT2D eigenvalue weighted by Gasteiger charge is -2.26. The minimum atomic E-state index is -1.50. The highest BCUT2D eigenvalue weighted by Crippen LogP contribution is 2.04. The van der Waals surface area contributed by atoms with Gasteiger partial charge in [0.2, 0.25) is 23.6 Å². The van der Waals surface area contributed by atoms with Crippen LogP contribution in [0, 0.1) is 5.92 Å². The first kappa shape index (κ1) is 25.3. The van der Waals surface area contributed by atoms with E-state index in [1.807, 2.05) is 0 Å². The molecule has 28 heavy (non-hydrogen) atoms. The number of nitrogens with two attached hydrogens (primary N) is 2. The predicted octanol–water partition coefficient (Wildman–Crippen LogP) is -3.22. The summed E-state index contributed by atoms with van der Waals surface area (Å²) >= 11 is 0. The zero-order chi connectivity index (χ0) is 22.2. The first-order chi connectivity index (χ1) is 12.8. The van der Waals surface area contributed by atoms with Crippen molar-refractivity contribution >= 4 is 29.6 Å². The molecule has 4 amide bonds. The molecule has 0 heterocycles. The molecule has 0 radical (unpaired) electrons. The number of carboxylic acids is 1. The Kier molecular flexibility index (Phi) is 10.1. The fourth-order valence-corrected chi connectivity index (χ4v) is 2.13. The fourth-order valence-electron chi connectivity index (χ4n) is 2.13. The van der Waals surface area contributed by atoms with E-state index in [-0.39, 0.29) is 0 Å². The average Bonchev–Trinajstić information content (AvgIpc) is 2.54. The van der Waals surface area contributed by atoms with Crippen LogP contribution in [0.1, 0.15) is 34.1 Å². The highest BCUT2D eigenvalue weighted by molar-refractivity contribution is 5.96. The van der Waals surface area contributed by atoms with E-state index in [1.165, 1.54) is 13.8 Å². The maximum absolute atomic E-state index is 12.4. The maximum atomic E-state index is 12.4. The molecule has 0 aliphatic rings. The lowest BCUT2D eigenvalue weighted by molar-refractivity contribution is -0.143. The highest BCUT2D eigenvalue weighted by Gasteiger charge is 2.33. The number of aliphatic hydroxyl groups excluding tert-OH is 1. The Morgan fingerprint density at radius 1 is 0.857 bits per heavy atom. The number of hydrogen-bond donors (Lipinski definition) is 7. The second-order valence-electron chi connectivity index (χ2n) is 6.82. The summed E-state index contributed by atoms with van der Waals surface area (Å²) in [5, 5.41) is 25.6. The molecule has 9 N–H and O–H groups in total. The molecule has 0 aromatic rings. The second kappa shape index (κ2) is 11.2. The van der Waals surface area contributed by atoms with E-state index in [0.717, 1.165) is 0 Å². The molecule has 0 aliphatic carbocycles. The summed E-state index contributed by atoms with van der Waals surface area (Å²) in [4.78, 5) is 59.0. The summed E-state index contributed by atoms with van der Waals surface area (Å²) < 4.78 is 0. The quantitative estimate of drug-likeness (QED) is 0.186. The van der Waals surface area contributed by atoms with Gasteiger partial charge >= 0.3 is 5.97 Å². The molecule has 160 valence electrons. The predicted molar refractivity (Wildman–Crippen MR) is 97.4 cm³/mol. The number of aliphatic hydroxyl groups is 1. The van der Waals surface area contributed by atoms with E-state index in [2.05, 4.69) is 16.0 Å². The molecule has 0 aliphatic heterocycles. The number of carbonyl (C=O) groups is 5. The van der Waals surface area contributed by atoms with E-state index >= 15 is 0 Å². The number of rotatable bonds is 11. The molecule has 12 nitrogen and oxygen atoms in total. The van der Waals surface area contributed by atoms with Gasteiger partial charge in [-0.15, -0.1) is 0 Å². The molecule has 0 fully saturated rings. The van der Waals surface area contributed by atoms with Gasteiger partial charge in [-0.05, 0) is 19.8 Å². The largest absolute Gasteiger partial charge is 0.480 e. The van der Waals surface area contributed by atoms with E-state index in [4.69, 9.17) is 16.6 Å². The van der Waals surface area contributed by atoms with Crippen molar-refractivity contribution in [1.29, 1.82) is 0 Å². The van der Waals surface area contributed by atoms with Crippen LogP contribution in [0.2, 0.25) is 0 Å². The molecule has 0 saturated heterocycles. The molecule has 5 atom stereocenters. The van der Waals surface area contributed by atoms with Crippen LogP contribution in [0.25, 0.3) is 0 Å². The van der Waals surface area contributed by atoms with Crippen LogP contribution in [0.4, 0.5) is 0 Å². The van der Waals surface area contributed by atoms with Gasteiger partial charge in [0.25, 0.3) is 0 Å². The van der Waals surface area contributed by atoms with Crippen molar-refractivity contribution < 1.29 is 34.2 Å². The van der Waals surface area contributed by atoms with Gasteiger partial charge in [0.05, 0.1) is 18.6 Å². The van der Waals surface area contributed by atoms with E-state index in [9.17, 15) is 29.1 Å². The van der Waals surface area contributed by atoms with E-state index in [1.54, 1.807) is 13.8 Å². The van der Waals surface area contributed by atoms with Crippen LogP contribution < -0.4 is 27.4 Å². The normalized spacial score (nSPS) is 16.2. The summed E-state index contributed by atoms with van der Waals surface area (Å²) in [5.41, 5.74) is 10.5. The average molecular weight is 403 g/mol. The van der Waals surface area contributed by atoms with Gasteiger partial charge in [-0.25, -0.2) is 4.79 Å². The fraction of sp³-hybridized carbons (Fsp3) is 0.688. The van der Waals surface area contributed by atoms with Gasteiger partial charge in [-0.3, -0.25) is 19.2 Å². The number of amides is 4. The number of carbonyl (C=O) groups excluding carboxylic acids is 4. The first-order valence-corrected chi connectivity index (χ1v) is 8.63. The highest BCUT2D eigenvalue weighted by atomic mass is 16.4. The Labute approximate surface area is 162 Å². The molecule has 0 spiro atoms. The zero-order valence-electron chi connectivity index (χ0n) is 16.3. The van der Waals surface area contributed by atoms with Crippen molar-refractivity contribution in [3.63, 3.8) is 0 Å². The molecule has 0 aromatic heterocycles. The molecule has 12 heteroatoms.